The zero-order valence-corrected chi connectivity index (χ0v) is 12.7. The van der Waals surface area contributed by atoms with E-state index in [1.165, 1.54) is 12.8 Å². The molecule has 3 nitrogen and oxygen atoms in total. The molecule has 0 bridgehead atoms. The van der Waals surface area contributed by atoms with Crippen molar-refractivity contribution in [3.63, 3.8) is 0 Å². The lowest BCUT2D eigenvalue weighted by atomic mass is 10.3. The number of rotatable bonds is 5. The van der Waals surface area contributed by atoms with E-state index in [4.69, 9.17) is 16.3 Å². The third-order valence-electron chi connectivity index (χ3n) is 3.85. The molecule has 3 rings (SSSR count). The first-order valence-electron chi connectivity index (χ1n) is 6.36. The molecular weight excluding hydrogens is 280 g/mol. The number of hydrogen-bond donors (Lipinski definition) is 0. The summed E-state index contributed by atoms with van der Waals surface area (Å²) >= 11 is 8.01. The maximum Gasteiger partial charge on any atom is 0.146 e. The molecule has 0 N–H and O–H groups in total. The number of imidazole rings is 1. The van der Waals surface area contributed by atoms with Crippen molar-refractivity contribution in [2.45, 2.75) is 30.0 Å². The fraction of sp³-hybridized carbons (Fsp3) is 0.500. The average Bonchev–Trinajstić information content (AvgIpc) is 3.14. The minimum atomic E-state index is 0.386. The standard InChI is InChI=1S/C14H17ClN2OS/c1-18-11-5-3-4-10-13(11)16-12(8-15)17(10)9-14(19-2)6-7-14/h3-5H,6-9H2,1-2H3. The summed E-state index contributed by atoms with van der Waals surface area (Å²) < 4.78 is 8.03. The molecule has 0 radical (unpaired) electrons. The number of halogens is 1. The zero-order valence-electron chi connectivity index (χ0n) is 11.1. The zero-order chi connectivity index (χ0) is 13.5. The van der Waals surface area contributed by atoms with E-state index in [2.05, 4.69) is 21.9 Å². The van der Waals surface area contributed by atoms with Gasteiger partial charge >= 0.3 is 0 Å². The van der Waals surface area contributed by atoms with E-state index >= 15 is 0 Å². The summed E-state index contributed by atoms with van der Waals surface area (Å²) in [6, 6.07) is 6.05. The van der Waals surface area contributed by atoms with Gasteiger partial charge in [0.2, 0.25) is 0 Å². The Bertz CT molecular complexity index is 607. The number of thioether (sulfide) groups is 1. The molecule has 0 saturated heterocycles. The summed E-state index contributed by atoms with van der Waals surface area (Å²) in [5.41, 5.74) is 2.04. The lowest BCUT2D eigenvalue weighted by Gasteiger charge is -2.15. The highest BCUT2D eigenvalue weighted by molar-refractivity contribution is 8.00. The fourth-order valence-corrected chi connectivity index (χ4v) is 3.44. The number of hydrogen-bond acceptors (Lipinski definition) is 3. The molecule has 1 aliphatic carbocycles. The van der Waals surface area contributed by atoms with Crippen LogP contribution in [0.4, 0.5) is 0 Å². The van der Waals surface area contributed by atoms with Crippen LogP contribution in [0.3, 0.4) is 0 Å². The topological polar surface area (TPSA) is 27.1 Å². The number of methoxy groups -OCH3 is 1. The molecule has 1 aromatic heterocycles. The third-order valence-corrected chi connectivity index (χ3v) is 5.49. The number of aromatic nitrogens is 2. The lowest BCUT2D eigenvalue weighted by molar-refractivity contribution is 0.419. The summed E-state index contributed by atoms with van der Waals surface area (Å²) in [6.07, 6.45) is 4.74. The van der Waals surface area contributed by atoms with Crippen molar-refractivity contribution in [2.24, 2.45) is 0 Å². The molecule has 1 aliphatic rings. The Labute approximate surface area is 122 Å². The van der Waals surface area contributed by atoms with Crippen LogP contribution in [0.5, 0.6) is 5.75 Å². The summed E-state index contributed by atoms with van der Waals surface area (Å²) in [7, 11) is 1.68. The van der Waals surface area contributed by atoms with Crippen molar-refractivity contribution in [2.75, 3.05) is 13.4 Å². The highest BCUT2D eigenvalue weighted by Gasteiger charge is 2.42. The second-order valence-corrected chi connectivity index (χ2v) is 6.50. The summed E-state index contributed by atoms with van der Waals surface area (Å²) in [4.78, 5) is 4.64. The van der Waals surface area contributed by atoms with Gasteiger partial charge in [-0.25, -0.2) is 4.98 Å². The quantitative estimate of drug-likeness (QED) is 0.788. The van der Waals surface area contributed by atoms with Gasteiger partial charge in [0.25, 0.3) is 0 Å². The van der Waals surface area contributed by atoms with Crippen LogP contribution >= 0.6 is 23.4 Å². The molecule has 19 heavy (non-hydrogen) atoms. The second kappa shape index (κ2) is 4.91. The van der Waals surface area contributed by atoms with Crippen LogP contribution in [-0.2, 0) is 12.4 Å². The van der Waals surface area contributed by atoms with E-state index in [-0.39, 0.29) is 0 Å². The van der Waals surface area contributed by atoms with Gasteiger partial charge in [-0.05, 0) is 31.2 Å². The van der Waals surface area contributed by atoms with Crippen LogP contribution in [-0.4, -0.2) is 27.7 Å². The van der Waals surface area contributed by atoms with Crippen molar-refractivity contribution in [1.82, 2.24) is 9.55 Å². The maximum atomic E-state index is 6.06. The number of benzene rings is 1. The molecule has 0 unspecified atom stereocenters. The highest BCUT2D eigenvalue weighted by atomic mass is 35.5. The van der Waals surface area contributed by atoms with Crippen molar-refractivity contribution < 1.29 is 4.74 Å². The normalized spacial score (nSPS) is 16.8. The number of ether oxygens (including phenoxy) is 1. The first-order valence-corrected chi connectivity index (χ1v) is 8.12. The monoisotopic (exact) mass is 296 g/mol. The Balaban J connectivity index is 2.11. The predicted octanol–water partition coefficient (Wildman–Crippen LogP) is 3.68. The molecule has 102 valence electrons. The second-order valence-electron chi connectivity index (χ2n) is 4.96. The number of para-hydroxylation sites is 1. The smallest absolute Gasteiger partial charge is 0.146 e. The number of fused-ring (bicyclic) bond motifs is 1. The molecule has 0 aliphatic heterocycles. The van der Waals surface area contributed by atoms with Gasteiger partial charge in [0.05, 0.1) is 18.5 Å². The maximum absolute atomic E-state index is 6.06. The number of alkyl halides is 1. The summed E-state index contributed by atoms with van der Waals surface area (Å²) in [5.74, 6) is 2.18. The van der Waals surface area contributed by atoms with E-state index in [1.54, 1.807) is 7.11 Å². The van der Waals surface area contributed by atoms with Gasteiger partial charge in [0.1, 0.15) is 17.1 Å². The van der Waals surface area contributed by atoms with Crippen LogP contribution in [0.1, 0.15) is 18.7 Å². The van der Waals surface area contributed by atoms with Crippen molar-refractivity contribution in [3.05, 3.63) is 24.0 Å². The fourth-order valence-electron chi connectivity index (χ4n) is 2.47. The molecule has 1 saturated carbocycles. The Hall–Kier alpha value is -0.870. The lowest BCUT2D eigenvalue weighted by Crippen LogP contribution is -2.15. The van der Waals surface area contributed by atoms with Gasteiger partial charge in [0.15, 0.2) is 0 Å². The van der Waals surface area contributed by atoms with Crippen molar-refractivity contribution >= 4 is 34.4 Å². The minimum absolute atomic E-state index is 0.386. The van der Waals surface area contributed by atoms with E-state index in [9.17, 15) is 0 Å². The third kappa shape index (κ3) is 2.21. The van der Waals surface area contributed by atoms with Gasteiger partial charge in [-0.3, -0.25) is 0 Å². The van der Waals surface area contributed by atoms with Gasteiger partial charge in [-0.1, -0.05) is 6.07 Å². The molecule has 2 aromatic rings. The SMILES string of the molecule is COc1cccc2c1nc(CCl)n2CC1(SC)CC1. The Morgan fingerprint density at radius 1 is 1.47 bits per heavy atom. The minimum Gasteiger partial charge on any atom is -0.494 e. The van der Waals surface area contributed by atoms with Crippen LogP contribution in [0.25, 0.3) is 11.0 Å². The van der Waals surface area contributed by atoms with Crippen LogP contribution < -0.4 is 4.74 Å². The van der Waals surface area contributed by atoms with Gasteiger partial charge in [-0.2, -0.15) is 11.8 Å². The van der Waals surface area contributed by atoms with Crippen LogP contribution in [0.15, 0.2) is 18.2 Å². The Morgan fingerprint density at radius 2 is 2.26 bits per heavy atom. The molecular formula is C14H17ClN2OS. The predicted molar refractivity (Wildman–Crippen MR) is 81.3 cm³/mol. The first-order chi connectivity index (χ1) is 9.23. The average molecular weight is 297 g/mol. The molecule has 1 heterocycles. The molecule has 5 heteroatoms. The molecule has 1 fully saturated rings. The Kier molecular flexibility index (Phi) is 3.39. The first kappa shape index (κ1) is 13.1. The Morgan fingerprint density at radius 3 is 2.84 bits per heavy atom. The van der Waals surface area contributed by atoms with E-state index in [0.29, 0.717) is 10.6 Å². The van der Waals surface area contributed by atoms with Crippen LogP contribution in [0.2, 0.25) is 0 Å². The van der Waals surface area contributed by atoms with Crippen molar-refractivity contribution in [3.8, 4) is 5.75 Å². The summed E-state index contributed by atoms with van der Waals surface area (Å²) in [5, 5.41) is 0. The van der Waals surface area contributed by atoms with Gasteiger partial charge in [-0.15, -0.1) is 11.6 Å². The largest absolute Gasteiger partial charge is 0.494 e. The van der Waals surface area contributed by atoms with Gasteiger partial charge < -0.3 is 9.30 Å². The molecule has 0 atom stereocenters. The molecule has 1 aromatic carbocycles. The van der Waals surface area contributed by atoms with Gasteiger partial charge in [0, 0.05) is 11.3 Å². The number of nitrogens with zero attached hydrogens (tertiary/aromatic N) is 2. The highest BCUT2D eigenvalue weighted by Crippen LogP contribution is 2.49. The molecule has 0 amide bonds. The van der Waals surface area contributed by atoms with Crippen molar-refractivity contribution in [1.29, 1.82) is 0 Å². The van der Waals surface area contributed by atoms with E-state index in [1.807, 2.05) is 23.9 Å². The van der Waals surface area contributed by atoms with Crippen LogP contribution in [0, 0.1) is 0 Å². The van der Waals surface area contributed by atoms with E-state index in [0.717, 1.165) is 29.2 Å². The van der Waals surface area contributed by atoms with E-state index < -0.39 is 0 Å². The molecule has 0 spiro atoms. The summed E-state index contributed by atoms with van der Waals surface area (Å²) in [6.45, 7) is 0.986.